The number of benzene rings is 2. The molecule has 2 unspecified atom stereocenters. The summed E-state index contributed by atoms with van der Waals surface area (Å²) in [6.07, 6.45) is -9.09. The van der Waals surface area contributed by atoms with Gasteiger partial charge >= 0.3 is 18.4 Å². The van der Waals surface area contributed by atoms with Crippen molar-refractivity contribution in [3.05, 3.63) is 59.7 Å². The van der Waals surface area contributed by atoms with E-state index in [1.54, 1.807) is 0 Å². The lowest BCUT2D eigenvalue weighted by Gasteiger charge is -2.35. The van der Waals surface area contributed by atoms with Crippen molar-refractivity contribution in [2.45, 2.75) is 30.9 Å². The molecule has 1 N–H and O–H groups in total. The predicted molar refractivity (Wildman–Crippen MR) is 97.3 cm³/mol. The molecule has 2 heterocycles. The van der Waals surface area contributed by atoms with Gasteiger partial charge in [0.25, 0.3) is 0 Å². The van der Waals surface area contributed by atoms with Gasteiger partial charge in [-0.25, -0.2) is 4.79 Å². The van der Waals surface area contributed by atoms with Crippen molar-refractivity contribution in [2.24, 2.45) is 0 Å². The van der Waals surface area contributed by atoms with Crippen molar-refractivity contribution < 1.29 is 31.1 Å². The molecule has 10 heteroatoms. The third-order valence-electron chi connectivity index (χ3n) is 5.39. The lowest BCUT2D eigenvalue weighted by atomic mass is 10.1. The first-order valence-electron chi connectivity index (χ1n) is 9.24. The highest BCUT2D eigenvalue weighted by Gasteiger charge is 2.45. The molecule has 4 nitrogen and oxygen atoms in total. The number of amides is 2. The molecule has 0 aliphatic carbocycles. The maximum atomic E-state index is 13.7. The quantitative estimate of drug-likeness (QED) is 0.680. The Morgan fingerprint density at radius 3 is 1.80 bits per heavy atom. The van der Waals surface area contributed by atoms with Gasteiger partial charge in [-0.2, -0.15) is 26.3 Å². The fourth-order valence-electron chi connectivity index (χ4n) is 4.08. The molecule has 2 aliphatic heterocycles. The molecule has 4 rings (SSSR count). The summed E-state index contributed by atoms with van der Waals surface area (Å²) in [7, 11) is 0. The fraction of sp³-hybridized carbons (Fsp3) is 0.350. The summed E-state index contributed by atoms with van der Waals surface area (Å²) in [5, 5.41) is 3.16. The van der Waals surface area contributed by atoms with Gasteiger partial charge in [0.1, 0.15) is 0 Å². The van der Waals surface area contributed by atoms with Crippen LogP contribution in [0.5, 0.6) is 0 Å². The molecule has 2 fully saturated rings. The van der Waals surface area contributed by atoms with Gasteiger partial charge in [0, 0.05) is 25.2 Å². The highest BCUT2D eigenvalue weighted by atomic mass is 19.4. The number of nitrogens with zero attached hydrogens (tertiary/aromatic N) is 2. The lowest BCUT2D eigenvalue weighted by Crippen LogP contribution is -2.51. The summed E-state index contributed by atoms with van der Waals surface area (Å²) >= 11 is 0. The lowest BCUT2D eigenvalue weighted by molar-refractivity contribution is -0.137. The monoisotopic (exact) mass is 429 g/mol. The molecule has 2 bridgehead atoms. The Hall–Kier alpha value is -2.75. The van der Waals surface area contributed by atoms with Crippen LogP contribution >= 0.6 is 0 Å². The first kappa shape index (κ1) is 20.5. The van der Waals surface area contributed by atoms with Gasteiger partial charge in [0.05, 0.1) is 22.5 Å². The normalized spacial score (nSPS) is 21.2. The molecule has 160 valence electrons. The molecular formula is C20H17F6N3O. The van der Waals surface area contributed by atoms with Crippen LogP contribution in [-0.2, 0) is 12.4 Å². The van der Waals surface area contributed by atoms with Crippen LogP contribution in [0.1, 0.15) is 17.5 Å². The highest BCUT2D eigenvalue weighted by Crippen LogP contribution is 2.44. The summed E-state index contributed by atoms with van der Waals surface area (Å²) < 4.78 is 82.0. The maximum Gasteiger partial charge on any atom is 0.418 e. The van der Waals surface area contributed by atoms with Crippen molar-refractivity contribution in [2.75, 3.05) is 18.0 Å². The van der Waals surface area contributed by atoms with Crippen LogP contribution in [-0.4, -0.2) is 36.1 Å². The molecule has 0 spiro atoms. The van der Waals surface area contributed by atoms with E-state index in [2.05, 4.69) is 5.32 Å². The molecule has 2 aromatic carbocycles. The number of halogens is 6. The highest BCUT2D eigenvalue weighted by molar-refractivity contribution is 6.01. The van der Waals surface area contributed by atoms with E-state index in [0.29, 0.717) is 17.9 Å². The second-order valence-electron chi connectivity index (χ2n) is 7.29. The summed E-state index contributed by atoms with van der Waals surface area (Å²) in [6.45, 7) is 0.675. The number of rotatable bonds is 2. The summed E-state index contributed by atoms with van der Waals surface area (Å²) in [5.41, 5.74) is -3.64. The number of urea groups is 1. The van der Waals surface area contributed by atoms with Crippen molar-refractivity contribution in [1.29, 1.82) is 0 Å². The van der Waals surface area contributed by atoms with Gasteiger partial charge in [-0.3, -0.25) is 4.90 Å². The van der Waals surface area contributed by atoms with Gasteiger partial charge in [-0.05, 0) is 30.7 Å². The summed E-state index contributed by atoms with van der Waals surface area (Å²) in [6, 6.07) is 7.12. The van der Waals surface area contributed by atoms with Gasteiger partial charge in [0.15, 0.2) is 0 Å². The number of hydrogen-bond acceptors (Lipinski definition) is 2. The summed E-state index contributed by atoms with van der Waals surface area (Å²) in [5.74, 6) is 0. The van der Waals surface area contributed by atoms with Crippen LogP contribution in [0.4, 0.5) is 42.5 Å². The average Bonchev–Trinajstić information content (AvgIpc) is 3.31. The van der Waals surface area contributed by atoms with Crippen molar-refractivity contribution in [1.82, 2.24) is 10.2 Å². The zero-order valence-electron chi connectivity index (χ0n) is 15.5. The van der Waals surface area contributed by atoms with E-state index in [9.17, 15) is 31.1 Å². The minimum atomic E-state index is -4.85. The van der Waals surface area contributed by atoms with Crippen molar-refractivity contribution >= 4 is 17.4 Å². The smallest absolute Gasteiger partial charge is 0.318 e. The van der Waals surface area contributed by atoms with Crippen LogP contribution in [0.15, 0.2) is 48.5 Å². The number of piperazine rings is 1. The maximum absolute atomic E-state index is 13.7. The Balaban J connectivity index is 1.89. The van der Waals surface area contributed by atoms with Gasteiger partial charge in [-0.15, -0.1) is 0 Å². The molecule has 2 aliphatic rings. The van der Waals surface area contributed by atoms with Crippen LogP contribution in [0.25, 0.3) is 0 Å². The first-order valence-corrected chi connectivity index (χ1v) is 9.24. The van der Waals surface area contributed by atoms with E-state index >= 15 is 0 Å². The Morgan fingerprint density at radius 1 is 0.900 bits per heavy atom. The van der Waals surface area contributed by atoms with E-state index in [1.807, 2.05) is 0 Å². The zero-order chi connectivity index (χ0) is 21.7. The largest absolute Gasteiger partial charge is 0.418 e. The molecule has 2 aromatic rings. The molecule has 0 aromatic heterocycles. The number of likely N-dealkylation sites (tertiary alicyclic amines) is 1. The van der Waals surface area contributed by atoms with Crippen molar-refractivity contribution in [3.63, 3.8) is 0 Å². The minimum absolute atomic E-state index is 0.0171. The number of hydrogen-bond donors (Lipinski definition) is 1. The third-order valence-corrected chi connectivity index (χ3v) is 5.39. The number of carbonyl (C=O) groups is 1. The number of fused-ring (bicyclic) bond motifs is 2. The summed E-state index contributed by atoms with van der Waals surface area (Å²) in [4.78, 5) is 15.3. The van der Waals surface area contributed by atoms with E-state index < -0.39 is 40.9 Å². The second-order valence-corrected chi connectivity index (χ2v) is 7.29. The molecule has 0 saturated carbocycles. The number of alkyl halides is 6. The average molecular weight is 429 g/mol. The Kier molecular flexibility index (Phi) is 4.92. The Bertz CT molecular complexity index is 901. The SMILES string of the molecule is O=C(N(c1ccccc1C(F)(F)F)c1ccccc1C(F)(F)F)N1CC2CC1CN2. The standard InChI is InChI=1S/C20H17F6N3O/c21-19(22,23)14-5-1-3-7-16(14)29(17-8-4-2-6-15(17)20(24,25)26)18(30)28-11-12-9-13(28)10-27-12/h1-8,12-13,27H,9-11H2. The fourth-order valence-corrected chi connectivity index (χ4v) is 4.08. The molecule has 2 amide bonds. The number of nitrogens with one attached hydrogen (secondary N) is 1. The molecule has 0 radical (unpaired) electrons. The first-order chi connectivity index (χ1) is 14.1. The van der Waals surface area contributed by atoms with Crippen molar-refractivity contribution in [3.8, 4) is 0 Å². The molecule has 2 atom stereocenters. The van der Waals surface area contributed by atoms with Crippen LogP contribution in [0, 0.1) is 0 Å². The topological polar surface area (TPSA) is 35.6 Å². The number of anilines is 2. The van der Waals surface area contributed by atoms with E-state index in [0.717, 1.165) is 36.4 Å². The second kappa shape index (κ2) is 7.19. The van der Waals surface area contributed by atoms with E-state index in [1.165, 1.54) is 17.0 Å². The van der Waals surface area contributed by atoms with Crippen LogP contribution in [0.2, 0.25) is 0 Å². The van der Waals surface area contributed by atoms with Crippen LogP contribution < -0.4 is 10.2 Å². The zero-order valence-corrected chi connectivity index (χ0v) is 15.5. The van der Waals surface area contributed by atoms with Gasteiger partial charge in [-0.1, -0.05) is 24.3 Å². The number of para-hydroxylation sites is 2. The Morgan fingerprint density at radius 2 is 1.40 bits per heavy atom. The van der Waals surface area contributed by atoms with E-state index in [-0.39, 0.29) is 18.6 Å². The third kappa shape index (κ3) is 3.60. The Labute approximate surface area is 168 Å². The van der Waals surface area contributed by atoms with Gasteiger partial charge in [0.2, 0.25) is 0 Å². The molecule has 2 saturated heterocycles. The molecular weight excluding hydrogens is 412 g/mol. The van der Waals surface area contributed by atoms with E-state index in [4.69, 9.17) is 0 Å². The predicted octanol–water partition coefficient (Wildman–Crippen LogP) is 5.03. The number of carbonyl (C=O) groups excluding carboxylic acids is 1. The van der Waals surface area contributed by atoms with Crippen LogP contribution in [0.3, 0.4) is 0 Å². The molecule has 30 heavy (non-hydrogen) atoms. The van der Waals surface area contributed by atoms with Gasteiger partial charge < -0.3 is 10.2 Å². The minimum Gasteiger partial charge on any atom is -0.318 e.